The third-order valence-corrected chi connectivity index (χ3v) is 1.90. The molecule has 0 aliphatic heterocycles. The Balaban J connectivity index is 0.00000112. The van der Waals surface area contributed by atoms with Crippen molar-refractivity contribution in [1.29, 1.82) is 0 Å². The maximum atomic E-state index is 3.11. The fraction of sp³-hybridized carbons (Fsp3) is 0. The molecule has 0 bridgehead atoms. The second-order valence-electron chi connectivity index (χ2n) is 2.98. The molecule has 2 rings (SSSR count). The van der Waals surface area contributed by atoms with Crippen LogP contribution in [0.2, 0.25) is 0 Å². The lowest BCUT2D eigenvalue weighted by molar-refractivity contribution is 1.62. The molecule has 0 heterocycles. The van der Waals surface area contributed by atoms with Crippen LogP contribution in [-0.2, 0) is 0 Å². The fourth-order valence-corrected chi connectivity index (χ4v) is 1.19. The van der Waals surface area contributed by atoms with Crippen molar-refractivity contribution >= 4 is 9.90 Å². The topological polar surface area (TPSA) is 0 Å². The molecule has 0 N–H and O–H groups in total. The van der Waals surface area contributed by atoms with Gasteiger partial charge in [0.2, 0.25) is 0 Å². The summed E-state index contributed by atoms with van der Waals surface area (Å²) >= 11 is 0. The molecule has 2 aromatic rings. The molecular weight excluding hydrogens is 199 g/mol. The highest BCUT2D eigenvalue weighted by Gasteiger charge is 1.83. The van der Waals surface area contributed by atoms with Gasteiger partial charge >= 0.3 is 0 Å². The third kappa shape index (κ3) is 3.58. The van der Waals surface area contributed by atoms with E-state index < -0.39 is 0 Å². The SMILES string of the molecule is C(#Cc1ccccc1)c1ccccc1.P. The average Bonchev–Trinajstić information content (AvgIpc) is 2.29. The van der Waals surface area contributed by atoms with Gasteiger partial charge in [0, 0.05) is 11.1 Å². The van der Waals surface area contributed by atoms with Gasteiger partial charge in [0.05, 0.1) is 0 Å². The molecule has 74 valence electrons. The highest BCUT2D eigenvalue weighted by atomic mass is 31.0. The molecule has 15 heavy (non-hydrogen) atoms. The molecule has 1 atom stereocenters. The number of benzene rings is 2. The van der Waals surface area contributed by atoms with Crippen LogP contribution in [0, 0.1) is 11.8 Å². The molecule has 0 aliphatic carbocycles. The van der Waals surface area contributed by atoms with Crippen molar-refractivity contribution < 1.29 is 0 Å². The summed E-state index contributed by atoms with van der Waals surface area (Å²) in [5, 5.41) is 0. The standard InChI is InChI=1S/C14H10.H3P/c1-3-7-13(8-4-1)11-12-14-9-5-2-6-10-14;/h1-10H;1H3. The molecule has 0 fully saturated rings. The predicted molar refractivity (Wildman–Crippen MR) is 70.0 cm³/mol. The zero-order valence-corrected chi connectivity index (χ0v) is 9.89. The van der Waals surface area contributed by atoms with Gasteiger partial charge in [-0.05, 0) is 24.3 Å². The van der Waals surface area contributed by atoms with Crippen LogP contribution in [0.5, 0.6) is 0 Å². The van der Waals surface area contributed by atoms with Crippen LogP contribution in [0.3, 0.4) is 0 Å². The first kappa shape index (κ1) is 11.5. The van der Waals surface area contributed by atoms with Crippen molar-refractivity contribution in [3.63, 3.8) is 0 Å². The molecule has 0 spiro atoms. The van der Waals surface area contributed by atoms with E-state index in [2.05, 4.69) is 11.8 Å². The summed E-state index contributed by atoms with van der Waals surface area (Å²) in [4.78, 5) is 0. The van der Waals surface area contributed by atoms with E-state index >= 15 is 0 Å². The Bertz CT molecular complexity index is 405. The number of hydrogen-bond acceptors (Lipinski definition) is 0. The molecule has 0 aromatic heterocycles. The molecule has 2 aromatic carbocycles. The summed E-state index contributed by atoms with van der Waals surface area (Å²) in [6, 6.07) is 20.0. The smallest absolute Gasteiger partial charge is 0.0249 e. The van der Waals surface area contributed by atoms with Gasteiger partial charge in [-0.1, -0.05) is 48.2 Å². The third-order valence-electron chi connectivity index (χ3n) is 1.90. The molecule has 0 radical (unpaired) electrons. The van der Waals surface area contributed by atoms with Crippen molar-refractivity contribution in [2.45, 2.75) is 0 Å². The Morgan fingerprint density at radius 1 is 0.533 bits per heavy atom. The zero-order valence-electron chi connectivity index (χ0n) is 8.48. The summed E-state index contributed by atoms with van der Waals surface area (Å²) in [5.41, 5.74) is 2.10. The summed E-state index contributed by atoms with van der Waals surface area (Å²) in [7, 11) is 0. The van der Waals surface area contributed by atoms with E-state index in [1.807, 2.05) is 60.7 Å². The number of rotatable bonds is 0. The maximum absolute atomic E-state index is 3.11. The van der Waals surface area contributed by atoms with Crippen LogP contribution in [0.4, 0.5) is 0 Å². The molecule has 1 heteroatoms. The first-order valence-electron chi connectivity index (χ1n) is 4.57. The highest BCUT2D eigenvalue weighted by molar-refractivity contribution is 6.92. The first-order valence-corrected chi connectivity index (χ1v) is 4.57. The van der Waals surface area contributed by atoms with E-state index in [4.69, 9.17) is 0 Å². The summed E-state index contributed by atoms with van der Waals surface area (Å²) < 4.78 is 0. The Morgan fingerprint density at radius 2 is 0.867 bits per heavy atom. The van der Waals surface area contributed by atoms with Gasteiger partial charge in [0.15, 0.2) is 0 Å². The second kappa shape index (κ2) is 6.02. The quantitative estimate of drug-likeness (QED) is 0.465. The minimum absolute atomic E-state index is 0. The Kier molecular flexibility index (Phi) is 4.61. The lowest BCUT2D eigenvalue weighted by Crippen LogP contribution is -1.73. The van der Waals surface area contributed by atoms with Gasteiger partial charge in [0.25, 0.3) is 0 Å². The minimum atomic E-state index is 0. The van der Waals surface area contributed by atoms with E-state index in [0.29, 0.717) is 0 Å². The zero-order chi connectivity index (χ0) is 9.64. The van der Waals surface area contributed by atoms with Crippen molar-refractivity contribution in [2.24, 2.45) is 0 Å². The summed E-state index contributed by atoms with van der Waals surface area (Å²) in [6.45, 7) is 0. The lowest BCUT2D eigenvalue weighted by Gasteiger charge is -1.88. The van der Waals surface area contributed by atoms with Crippen molar-refractivity contribution in [3.8, 4) is 11.8 Å². The first-order chi connectivity index (χ1) is 6.95. The molecule has 0 aliphatic rings. The average molecular weight is 212 g/mol. The number of hydrogen-bond donors (Lipinski definition) is 0. The Hall–Kier alpha value is -1.57. The van der Waals surface area contributed by atoms with E-state index in [1.165, 1.54) is 0 Å². The van der Waals surface area contributed by atoms with Crippen LogP contribution >= 0.6 is 9.90 Å². The molecule has 0 nitrogen and oxygen atoms in total. The monoisotopic (exact) mass is 212 g/mol. The molecule has 0 amide bonds. The van der Waals surface area contributed by atoms with Crippen molar-refractivity contribution in [3.05, 3.63) is 71.8 Å². The van der Waals surface area contributed by atoms with Gasteiger partial charge < -0.3 is 0 Å². The minimum Gasteiger partial charge on any atom is -0.153 e. The van der Waals surface area contributed by atoms with Gasteiger partial charge in [-0.15, -0.1) is 0 Å². The Morgan fingerprint density at radius 3 is 1.20 bits per heavy atom. The molecular formula is C14H13P. The van der Waals surface area contributed by atoms with Crippen LogP contribution in [0.15, 0.2) is 60.7 Å². The summed E-state index contributed by atoms with van der Waals surface area (Å²) in [5.74, 6) is 6.22. The van der Waals surface area contributed by atoms with Crippen LogP contribution in [0.25, 0.3) is 0 Å². The normalized spacial score (nSPS) is 8.27. The van der Waals surface area contributed by atoms with Crippen LogP contribution in [0.1, 0.15) is 11.1 Å². The van der Waals surface area contributed by atoms with Crippen LogP contribution in [-0.4, -0.2) is 0 Å². The molecule has 1 unspecified atom stereocenters. The predicted octanol–water partition coefficient (Wildman–Crippen LogP) is 3.14. The lowest BCUT2D eigenvalue weighted by atomic mass is 10.2. The van der Waals surface area contributed by atoms with Crippen molar-refractivity contribution in [1.82, 2.24) is 0 Å². The van der Waals surface area contributed by atoms with E-state index in [9.17, 15) is 0 Å². The van der Waals surface area contributed by atoms with Gasteiger partial charge in [0.1, 0.15) is 0 Å². The van der Waals surface area contributed by atoms with Crippen LogP contribution < -0.4 is 0 Å². The van der Waals surface area contributed by atoms with E-state index in [0.717, 1.165) is 11.1 Å². The second-order valence-corrected chi connectivity index (χ2v) is 2.98. The van der Waals surface area contributed by atoms with Crippen molar-refractivity contribution in [2.75, 3.05) is 0 Å². The van der Waals surface area contributed by atoms with Gasteiger partial charge in [-0.2, -0.15) is 9.90 Å². The van der Waals surface area contributed by atoms with E-state index in [-0.39, 0.29) is 9.90 Å². The molecule has 0 saturated heterocycles. The fourth-order valence-electron chi connectivity index (χ4n) is 1.19. The largest absolute Gasteiger partial charge is 0.153 e. The summed E-state index contributed by atoms with van der Waals surface area (Å²) in [6.07, 6.45) is 0. The Labute approximate surface area is 94.0 Å². The highest BCUT2D eigenvalue weighted by Crippen LogP contribution is 1.98. The van der Waals surface area contributed by atoms with Gasteiger partial charge in [-0.3, -0.25) is 0 Å². The van der Waals surface area contributed by atoms with Gasteiger partial charge in [-0.25, -0.2) is 0 Å². The van der Waals surface area contributed by atoms with E-state index in [1.54, 1.807) is 0 Å². The maximum Gasteiger partial charge on any atom is 0.0249 e. The molecule has 0 saturated carbocycles.